The summed E-state index contributed by atoms with van der Waals surface area (Å²) >= 11 is 0. The molecule has 1 aliphatic rings. The Hall–Kier alpha value is -2.86. The average molecular weight is 353 g/mol. The van der Waals surface area contributed by atoms with Crippen LogP contribution < -0.4 is 10.6 Å². The fourth-order valence-corrected chi connectivity index (χ4v) is 3.11. The number of carbonyl (C=O) groups is 2. The molecule has 0 aromatic heterocycles. The van der Waals surface area contributed by atoms with Gasteiger partial charge in [0.1, 0.15) is 6.04 Å². The van der Waals surface area contributed by atoms with Gasteiger partial charge in [0.05, 0.1) is 6.10 Å². The Kier molecular flexibility index (Phi) is 5.53. The van der Waals surface area contributed by atoms with Crippen molar-refractivity contribution in [2.75, 3.05) is 11.9 Å². The quantitative estimate of drug-likeness (QED) is 0.789. The minimum atomic E-state index is -0.703. The summed E-state index contributed by atoms with van der Waals surface area (Å²) in [4.78, 5) is 26.5. The normalized spacial score (nSPS) is 19.2. The number of benzene rings is 2. The maximum atomic E-state index is 12.6. The Morgan fingerprint density at radius 1 is 1.12 bits per heavy atom. The molecule has 3 N–H and O–H groups in total. The highest BCUT2D eigenvalue weighted by molar-refractivity contribution is 5.94. The van der Waals surface area contributed by atoms with Crippen LogP contribution in [0, 0.1) is 6.92 Å². The van der Waals surface area contributed by atoms with Gasteiger partial charge in [-0.1, -0.05) is 42.5 Å². The first-order chi connectivity index (χ1) is 12.5. The number of nitrogens with zero attached hydrogens (tertiary/aromatic N) is 1. The van der Waals surface area contributed by atoms with Crippen molar-refractivity contribution in [3.8, 4) is 0 Å². The van der Waals surface area contributed by atoms with E-state index >= 15 is 0 Å². The van der Waals surface area contributed by atoms with Gasteiger partial charge < -0.3 is 20.6 Å². The fraction of sp³-hybridized carbons (Fsp3) is 0.300. The molecule has 1 saturated heterocycles. The lowest BCUT2D eigenvalue weighted by Crippen LogP contribution is -2.47. The van der Waals surface area contributed by atoms with E-state index in [0.717, 1.165) is 11.1 Å². The van der Waals surface area contributed by atoms with Gasteiger partial charge in [0.2, 0.25) is 5.91 Å². The van der Waals surface area contributed by atoms with Gasteiger partial charge in [-0.15, -0.1) is 0 Å². The molecule has 0 spiro atoms. The molecule has 1 heterocycles. The molecule has 3 rings (SSSR count). The Morgan fingerprint density at radius 2 is 1.81 bits per heavy atom. The van der Waals surface area contributed by atoms with Crippen LogP contribution >= 0.6 is 0 Å². The Morgan fingerprint density at radius 3 is 2.54 bits per heavy atom. The smallest absolute Gasteiger partial charge is 0.322 e. The zero-order chi connectivity index (χ0) is 18.5. The molecular formula is C20H23N3O3. The van der Waals surface area contributed by atoms with Crippen molar-refractivity contribution in [3.05, 3.63) is 65.7 Å². The number of urea groups is 1. The third kappa shape index (κ3) is 4.21. The number of hydrogen-bond donors (Lipinski definition) is 3. The van der Waals surface area contributed by atoms with E-state index in [4.69, 9.17) is 0 Å². The monoisotopic (exact) mass is 353 g/mol. The summed E-state index contributed by atoms with van der Waals surface area (Å²) < 4.78 is 0. The molecule has 3 amide bonds. The van der Waals surface area contributed by atoms with Gasteiger partial charge in [0, 0.05) is 25.2 Å². The summed E-state index contributed by atoms with van der Waals surface area (Å²) in [6, 6.07) is 15.8. The van der Waals surface area contributed by atoms with Crippen molar-refractivity contribution in [1.82, 2.24) is 10.2 Å². The summed E-state index contributed by atoms with van der Waals surface area (Å²) in [6.07, 6.45) is -0.465. The molecule has 0 bridgehead atoms. The summed E-state index contributed by atoms with van der Waals surface area (Å²) in [7, 11) is 0. The maximum Gasteiger partial charge on any atom is 0.322 e. The van der Waals surface area contributed by atoms with Crippen LogP contribution in [0.5, 0.6) is 0 Å². The fourth-order valence-electron chi connectivity index (χ4n) is 3.11. The summed E-state index contributed by atoms with van der Waals surface area (Å²) in [5.74, 6) is -0.256. The van der Waals surface area contributed by atoms with E-state index in [2.05, 4.69) is 10.6 Å². The number of rotatable bonds is 4. The zero-order valence-corrected chi connectivity index (χ0v) is 14.7. The van der Waals surface area contributed by atoms with Gasteiger partial charge in [-0.05, 0) is 30.2 Å². The Balaban J connectivity index is 1.64. The van der Waals surface area contributed by atoms with E-state index in [1.54, 1.807) is 12.1 Å². The van der Waals surface area contributed by atoms with Crippen molar-refractivity contribution in [2.24, 2.45) is 0 Å². The molecule has 0 radical (unpaired) electrons. The predicted octanol–water partition coefficient (Wildman–Crippen LogP) is 2.28. The summed E-state index contributed by atoms with van der Waals surface area (Å²) in [5, 5.41) is 15.6. The van der Waals surface area contributed by atoms with Gasteiger partial charge in [0.15, 0.2) is 0 Å². The molecule has 2 aromatic rings. The number of β-amino-alcohol motifs (C(OH)–C–C–N with tert-alkyl or cyclic N) is 1. The maximum absolute atomic E-state index is 12.6. The first-order valence-electron chi connectivity index (χ1n) is 8.67. The molecule has 1 aliphatic heterocycles. The lowest BCUT2D eigenvalue weighted by Gasteiger charge is -2.24. The highest BCUT2D eigenvalue weighted by atomic mass is 16.3. The van der Waals surface area contributed by atoms with E-state index < -0.39 is 12.1 Å². The first kappa shape index (κ1) is 17.9. The summed E-state index contributed by atoms with van der Waals surface area (Å²) in [6.45, 7) is 2.52. The number of hydrogen-bond acceptors (Lipinski definition) is 3. The van der Waals surface area contributed by atoms with Crippen LogP contribution in [0.3, 0.4) is 0 Å². The topological polar surface area (TPSA) is 81.7 Å². The molecule has 26 heavy (non-hydrogen) atoms. The lowest BCUT2D eigenvalue weighted by atomic mass is 10.1. The second-order valence-electron chi connectivity index (χ2n) is 6.50. The molecule has 0 aliphatic carbocycles. The highest BCUT2D eigenvalue weighted by Gasteiger charge is 2.38. The summed E-state index contributed by atoms with van der Waals surface area (Å²) in [5.41, 5.74) is 2.77. The molecule has 6 heteroatoms. The molecular weight excluding hydrogens is 330 g/mol. The van der Waals surface area contributed by atoms with Gasteiger partial charge in [-0.2, -0.15) is 0 Å². The highest BCUT2D eigenvalue weighted by Crippen LogP contribution is 2.20. The zero-order valence-electron chi connectivity index (χ0n) is 14.7. The number of aliphatic hydroxyl groups excluding tert-OH is 1. The second kappa shape index (κ2) is 8.01. The predicted molar refractivity (Wildman–Crippen MR) is 99.6 cm³/mol. The van der Waals surface area contributed by atoms with Crippen LogP contribution in [0.25, 0.3) is 0 Å². The van der Waals surface area contributed by atoms with Gasteiger partial charge in [0.25, 0.3) is 0 Å². The molecule has 2 aromatic carbocycles. The van der Waals surface area contributed by atoms with Crippen LogP contribution in [0.4, 0.5) is 10.5 Å². The van der Waals surface area contributed by atoms with Crippen LogP contribution in [-0.4, -0.2) is 40.6 Å². The van der Waals surface area contributed by atoms with Crippen molar-refractivity contribution in [1.29, 1.82) is 0 Å². The van der Waals surface area contributed by atoms with E-state index in [-0.39, 0.29) is 24.9 Å². The molecule has 0 unspecified atom stereocenters. The van der Waals surface area contributed by atoms with Crippen LogP contribution in [0.15, 0.2) is 54.6 Å². The van der Waals surface area contributed by atoms with Crippen LogP contribution in [0.1, 0.15) is 17.5 Å². The number of aliphatic hydroxyl groups is 1. The number of likely N-dealkylation sites (tertiary alicyclic amines) is 1. The first-order valence-corrected chi connectivity index (χ1v) is 8.67. The number of nitrogens with one attached hydrogen (secondary N) is 2. The number of anilines is 1. The van der Waals surface area contributed by atoms with Crippen molar-refractivity contribution in [3.63, 3.8) is 0 Å². The number of amides is 3. The third-order valence-corrected chi connectivity index (χ3v) is 4.58. The molecule has 1 fully saturated rings. The minimum Gasteiger partial charge on any atom is -0.391 e. The van der Waals surface area contributed by atoms with E-state index in [1.807, 2.05) is 49.4 Å². The molecule has 2 atom stereocenters. The number of aryl methyl sites for hydroxylation is 1. The third-order valence-electron chi connectivity index (χ3n) is 4.58. The lowest BCUT2D eigenvalue weighted by molar-refractivity contribution is -0.124. The van der Waals surface area contributed by atoms with E-state index in [9.17, 15) is 14.7 Å². The van der Waals surface area contributed by atoms with Gasteiger partial charge in [-0.25, -0.2) is 4.79 Å². The van der Waals surface area contributed by atoms with Crippen molar-refractivity contribution >= 4 is 17.6 Å². The Labute approximate surface area is 152 Å². The van der Waals surface area contributed by atoms with Crippen molar-refractivity contribution in [2.45, 2.75) is 32.0 Å². The standard InChI is InChI=1S/C20H23N3O3/c1-14-7-5-6-8-15(14)12-21-19(25)18-11-17(24)13-23(18)20(26)22-16-9-3-2-4-10-16/h2-10,17-18,24H,11-13H2,1H3,(H,21,25)(H,22,26)/t17-,18-/m0/s1. The largest absolute Gasteiger partial charge is 0.391 e. The van der Waals surface area contributed by atoms with Crippen LogP contribution in [0.2, 0.25) is 0 Å². The van der Waals surface area contributed by atoms with Gasteiger partial charge >= 0.3 is 6.03 Å². The second-order valence-corrected chi connectivity index (χ2v) is 6.50. The molecule has 136 valence electrons. The van der Waals surface area contributed by atoms with E-state index in [0.29, 0.717) is 12.2 Å². The number of carbonyl (C=O) groups excluding carboxylic acids is 2. The Bertz CT molecular complexity index is 779. The molecule has 6 nitrogen and oxygen atoms in total. The van der Waals surface area contributed by atoms with Crippen molar-refractivity contribution < 1.29 is 14.7 Å². The minimum absolute atomic E-state index is 0.140. The van der Waals surface area contributed by atoms with Gasteiger partial charge in [-0.3, -0.25) is 4.79 Å². The average Bonchev–Trinajstić information content (AvgIpc) is 3.04. The van der Waals surface area contributed by atoms with E-state index in [1.165, 1.54) is 4.90 Å². The number of para-hydroxylation sites is 1. The SMILES string of the molecule is Cc1ccccc1CNC(=O)[C@@H]1C[C@H](O)CN1C(=O)Nc1ccccc1. The molecule has 0 saturated carbocycles. The van der Waals surface area contributed by atoms with Crippen LogP contribution in [-0.2, 0) is 11.3 Å².